The van der Waals surface area contributed by atoms with E-state index in [1.54, 1.807) is 7.11 Å². The minimum absolute atomic E-state index is 0.0197. The van der Waals surface area contributed by atoms with Crippen LogP contribution >= 0.6 is 0 Å². The minimum atomic E-state index is -0.0197. The Morgan fingerprint density at radius 2 is 2.18 bits per heavy atom. The van der Waals surface area contributed by atoms with E-state index in [4.69, 9.17) is 4.74 Å². The van der Waals surface area contributed by atoms with Crippen LogP contribution in [0, 0.1) is 11.3 Å². The van der Waals surface area contributed by atoms with Gasteiger partial charge in [-0.1, -0.05) is 13.3 Å². The molecule has 0 N–H and O–H groups in total. The monoisotopic (exact) mass is 154 g/mol. The SMILES string of the molecule is CO[C@H]1[C@@H](C)C(=O)C12CCC2. The molecule has 0 bridgehead atoms. The van der Waals surface area contributed by atoms with E-state index in [-0.39, 0.29) is 17.4 Å². The number of methoxy groups -OCH3 is 1. The molecule has 2 atom stereocenters. The predicted octanol–water partition coefficient (Wildman–Crippen LogP) is 1.39. The molecule has 2 aliphatic rings. The maximum Gasteiger partial charge on any atom is 0.147 e. The van der Waals surface area contributed by atoms with Crippen LogP contribution in [0.4, 0.5) is 0 Å². The topological polar surface area (TPSA) is 26.3 Å². The van der Waals surface area contributed by atoms with Crippen molar-refractivity contribution in [2.24, 2.45) is 11.3 Å². The van der Waals surface area contributed by atoms with Gasteiger partial charge in [0.2, 0.25) is 0 Å². The van der Waals surface area contributed by atoms with Crippen LogP contribution in [0.5, 0.6) is 0 Å². The summed E-state index contributed by atoms with van der Waals surface area (Å²) in [6, 6.07) is 0. The molecule has 0 unspecified atom stereocenters. The van der Waals surface area contributed by atoms with Crippen LogP contribution in [-0.2, 0) is 9.53 Å². The fraction of sp³-hybridized carbons (Fsp3) is 0.889. The van der Waals surface area contributed by atoms with Gasteiger partial charge in [0.1, 0.15) is 5.78 Å². The molecule has 0 saturated heterocycles. The Morgan fingerprint density at radius 1 is 1.55 bits per heavy atom. The standard InChI is InChI=1S/C9H14O2/c1-6-7(10)9(4-3-5-9)8(6)11-2/h6,8H,3-5H2,1-2H3/t6-,8-/m0/s1. The summed E-state index contributed by atoms with van der Waals surface area (Å²) in [6.45, 7) is 1.97. The van der Waals surface area contributed by atoms with Gasteiger partial charge in [0.15, 0.2) is 0 Å². The highest BCUT2D eigenvalue weighted by atomic mass is 16.5. The molecule has 0 aromatic rings. The molecule has 0 heterocycles. The maximum atomic E-state index is 11.5. The first-order chi connectivity index (χ1) is 5.22. The zero-order valence-corrected chi connectivity index (χ0v) is 7.09. The van der Waals surface area contributed by atoms with Crippen LogP contribution in [0.25, 0.3) is 0 Å². The molecule has 11 heavy (non-hydrogen) atoms. The first-order valence-corrected chi connectivity index (χ1v) is 4.29. The summed E-state index contributed by atoms with van der Waals surface area (Å²) in [7, 11) is 1.72. The van der Waals surface area contributed by atoms with Crippen LogP contribution in [0.2, 0.25) is 0 Å². The van der Waals surface area contributed by atoms with Crippen LogP contribution in [-0.4, -0.2) is 19.0 Å². The molecular weight excluding hydrogens is 140 g/mol. The van der Waals surface area contributed by atoms with Crippen molar-refractivity contribution < 1.29 is 9.53 Å². The summed E-state index contributed by atoms with van der Waals surface area (Å²) in [5, 5.41) is 0. The molecule has 2 saturated carbocycles. The Labute approximate surface area is 66.9 Å². The molecule has 62 valence electrons. The van der Waals surface area contributed by atoms with Crippen molar-refractivity contribution in [3.05, 3.63) is 0 Å². The molecule has 2 heteroatoms. The second kappa shape index (κ2) is 2.07. The van der Waals surface area contributed by atoms with E-state index in [2.05, 4.69) is 0 Å². The molecular formula is C9H14O2. The number of carbonyl (C=O) groups is 1. The Kier molecular flexibility index (Phi) is 1.37. The molecule has 0 aliphatic heterocycles. The third-order valence-corrected chi connectivity index (χ3v) is 3.40. The Bertz CT molecular complexity index is 194. The van der Waals surface area contributed by atoms with Crippen LogP contribution in [0.1, 0.15) is 26.2 Å². The Morgan fingerprint density at radius 3 is 2.45 bits per heavy atom. The zero-order chi connectivity index (χ0) is 8.06. The van der Waals surface area contributed by atoms with Crippen molar-refractivity contribution in [2.45, 2.75) is 32.3 Å². The molecule has 2 aliphatic carbocycles. The van der Waals surface area contributed by atoms with Crippen molar-refractivity contribution in [3.63, 3.8) is 0 Å². The average molecular weight is 154 g/mol. The van der Waals surface area contributed by atoms with Gasteiger partial charge in [-0.15, -0.1) is 0 Å². The number of ketones is 1. The van der Waals surface area contributed by atoms with E-state index >= 15 is 0 Å². The summed E-state index contributed by atoms with van der Waals surface area (Å²) < 4.78 is 5.31. The lowest BCUT2D eigenvalue weighted by Gasteiger charge is -2.56. The summed E-state index contributed by atoms with van der Waals surface area (Å²) in [5.74, 6) is 0.593. The van der Waals surface area contributed by atoms with Gasteiger partial charge in [-0.05, 0) is 12.8 Å². The normalized spacial score (nSPS) is 40.0. The van der Waals surface area contributed by atoms with Crippen molar-refractivity contribution in [1.82, 2.24) is 0 Å². The Balaban J connectivity index is 2.15. The summed E-state index contributed by atoms with van der Waals surface area (Å²) in [5.41, 5.74) is -0.0197. The van der Waals surface area contributed by atoms with E-state index in [9.17, 15) is 4.79 Å². The number of carbonyl (C=O) groups excluding carboxylic acids is 1. The number of hydrogen-bond acceptors (Lipinski definition) is 2. The Hall–Kier alpha value is -0.370. The van der Waals surface area contributed by atoms with Crippen LogP contribution < -0.4 is 0 Å². The lowest BCUT2D eigenvalue weighted by atomic mass is 9.49. The molecule has 2 rings (SSSR count). The maximum absolute atomic E-state index is 11.5. The summed E-state index contributed by atoms with van der Waals surface area (Å²) in [6.07, 6.45) is 3.56. The van der Waals surface area contributed by atoms with Crippen molar-refractivity contribution in [2.75, 3.05) is 7.11 Å². The highest BCUT2D eigenvalue weighted by Gasteiger charge is 2.62. The van der Waals surface area contributed by atoms with Gasteiger partial charge in [0.25, 0.3) is 0 Å². The van der Waals surface area contributed by atoms with Gasteiger partial charge in [-0.3, -0.25) is 4.79 Å². The molecule has 0 radical (unpaired) electrons. The van der Waals surface area contributed by atoms with Gasteiger partial charge in [0.05, 0.1) is 11.5 Å². The molecule has 1 spiro atoms. The van der Waals surface area contributed by atoms with Gasteiger partial charge in [-0.25, -0.2) is 0 Å². The smallest absolute Gasteiger partial charge is 0.147 e. The van der Waals surface area contributed by atoms with E-state index < -0.39 is 0 Å². The fourth-order valence-corrected chi connectivity index (χ4v) is 2.63. The number of Topliss-reactive ketones (excluding diaryl/α,β-unsaturated/α-hetero) is 1. The van der Waals surface area contributed by atoms with Crippen molar-refractivity contribution in [1.29, 1.82) is 0 Å². The summed E-state index contributed by atoms with van der Waals surface area (Å²) in [4.78, 5) is 11.5. The lowest BCUT2D eigenvalue weighted by Crippen LogP contribution is -2.64. The number of ether oxygens (including phenoxy) is 1. The zero-order valence-electron chi connectivity index (χ0n) is 7.09. The van der Waals surface area contributed by atoms with E-state index in [1.807, 2.05) is 6.92 Å². The van der Waals surface area contributed by atoms with Gasteiger partial charge < -0.3 is 4.74 Å². The number of rotatable bonds is 1. The molecule has 2 nitrogen and oxygen atoms in total. The quantitative estimate of drug-likeness (QED) is 0.570. The van der Waals surface area contributed by atoms with Gasteiger partial charge in [-0.2, -0.15) is 0 Å². The lowest BCUT2D eigenvalue weighted by molar-refractivity contribution is -0.188. The third kappa shape index (κ3) is 0.639. The summed E-state index contributed by atoms with van der Waals surface area (Å²) >= 11 is 0. The first kappa shape index (κ1) is 7.29. The average Bonchev–Trinajstić information content (AvgIpc) is 1.93. The molecule has 2 fully saturated rings. The molecule has 0 aromatic heterocycles. The molecule has 0 aromatic carbocycles. The van der Waals surface area contributed by atoms with Crippen LogP contribution in [0.15, 0.2) is 0 Å². The molecule has 0 amide bonds. The second-order valence-corrected chi connectivity index (χ2v) is 3.82. The fourth-order valence-electron chi connectivity index (χ4n) is 2.63. The third-order valence-electron chi connectivity index (χ3n) is 3.40. The van der Waals surface area contributed by atoms with E-state index in [0.717, 1.165) is 12.8 Å². The first-order valence-electron chi connectivity index (χ1n) is 4.29. The largest absolute Gasteiger partial charge is 0.380 e. The van der Waals surface area contributed by atoms with E-state index in [1.165, 1.54) is 6.42 Å². The minimum Gasteiger partial charge on any atom is -0.380 e. The van der Waals surface area contributed by atoms with E-state index in [0.29, 0.717) is 5.78 Å². The number of hydrogen-bond donors (Lipinski definition) is 0. The van der Waals surface area contributed by atoms with Gasteiger partial charge in [0, 0.05) is 13.0 Å². The highest BCUT2D eigenvalue weighted by Crippen LogP contribution is 2.56. The van der Waals surface area contributed by atoms with Crippen LogP contribution in [0.3, 0.4) is 0 Å². The highest BCUT2D eigenvalue weighted by molar-refractivity contribution is 5.95. The van der Waals surface area contributed by atoms with Crippen molar-refractivity contribution in [3.8, 4) is 0 Å². The predicted molar refractivity (Wildman–Crippen MR) is 41.3 cm³/mol. The van der Waals surface area contributed by atoms with Gasteiger partial charge >= 0.3 is 0 Å². The van der Waals surface area contributed by atoms with Crippen molar-refractivity contribution >= 4 is 5.78 Å². The second-order valence-electron chi connectivity index (χ2n) is 3.82.